The van der Waals surface area contributed by atoms with Crippen LogP contribution < -0.4 is 9.64 Å². The Morgan fingerprint density at radius 3 is 2.16 bits per heavy atom. The van der Waals surface area contributed by atoms with Crippen molar-refractivity contribution in [1.82, 2.24) is 4.57 Å². The number of aryl methyl sites for hydroxylation is 1. The van der Waals surface area contributed by atoms with Gasteiger partial charge in [0.05, 0.1) is 17.9 Å². The molecule has 1 atom stereocenters. The lowest BCUT2D eigenvalue weighted by atomic mass is 9.77. The van der Waals surface area contributed by atoms with Crippen LogP contribution in [0, 0.1) is 0 Å². The van der Waals surface area contributed by atoms with Crippen LogP contribution in [0.2, 0.25) is 0 Å². The normalized spacial score (nSPS) is 15.9. The van der Waals surface area contributed by atoms with Crippen molar-refractivity contribution in [3.8, 4) is 17.0 Å². The van der Waals surface area contributed by atoms with Crippen LogP contribution in [0.1, 0.15) is 47.8 Å². The highest BCUT2D eigenvalue weighted by Crippen LogP contribution is 2.60. The van der Waals surface area contributed by atoms with E-state index in [-0.39, 0.29) is 0 Å². The van der Waals surface area contributed by atoms with Crippen molar-refractivity contribution >= 4 is 86.3 Å². The van der Waals surface area contributed by atoms with Gasteiger partial charge in [-0.1, -0.05) is 48.5 Å². The van der Waals surface area contributed by atoms with E-state index in [1.807, 2.05) is 37.3 Å². The van der Waals surface area contributed by atoms with Crippen LogP contribution in [0.15, 0.2) is 90.7 Å². The second-order valence-corrected chi connectivity index (χ2v) is 13.7. The molecule has 0 radical (unpaired) electrons. The first-order chi connectivity index (χ1) is 21.2. The standard InChI is InChI=1S/C35H30Br4N2O3/c1-5-41(6-2)21-17-18-23(25(19-21)43-7-3)35(28-26(34(42)44-35)29(36)31(38)32(39)30(28)37)27-22-15-11-12-16-24(22)40(4)33(27)20-13-9-8-10-14-20/h8-19H,5-7H2,1-4H3. The molecule has 0 fully saturated rings. The Kier molecular flexibility index (Phi) is 8.78. The number of anilines is 1. The largest absolute Gasteiger partial charge is 0.493 e. The Hall–Kier alpha value is -2.59. The molecule has 44 heavy (non-hydrogen) atoms. The average molecular weight is 846 g/mol. The summed E-state index contributed by atoms with van der Waals surface area (Å²) in [5.41, 5.74) is 5.41. The summed E-state index contributed by atoms with van der Waals surface area (Å²) >= 11 is 15.1. The number of rotatable bonds is 8. The van der Waals surface area contributed by atoms with E-state index in [1.165, 1.54) is 0 Å². The predicted molar refractivity (Wildman–Crippen MR) is 192 cm³/mol. The highest BCUT2D eigenvalue weighted by Gasteiger charge is 2.55. The van der Waals surface area contributed by atoms with E-state index >= 15 is 0 Å². The Morgan fingerprint density at radius 1 is 0.818 bits per heavy atom. The molecule has 5 aromatic rings. The van der Waals surface area contributed by atoms with E-state index in [1.54, 1.807) is 0 Å². The Labute approximate surface area is 291 Å². The minimum Gasteiger partial charge on any atom is -0.493 e. The molecule has 226 valence electrons. The lowest BCUT2D eigenvalue weighted by Crippen LogP contribution is -2.32. The number of cyclic esters (lactones) is 1. The number of esters is 1. The van der Waals surface area contributed by atoms with E-state index < -0.39 is 11.6 Å². The first kappa shape index (κ1) is 31.4. The summed E-state index contributed by atoms with van der Waals surface area (Å²) < 4.78 is 18.3. The van der Waals surface area contributed by atoms with E-state index in [0.29, 0.717) is 28.0 Å². The molecule has 0 saturated heterocycles. The monoisotopic (exact) mass is 842 g/mol. The van der Waals surface area contributed by atoms with E-state index in [9.17, 15) is 4.79 Å². The van der Waals surface area contributed by atoms with Crippen LogP contribution >= 0.6 is 63.7 Å². The number of carbonyl (C=O) groups excluding carboxylic acids is 1. The third kappa shape index (κ3) is 4.68. The molecular formula is C35H30Br4N2O3. The number of hydrogen-bond acceptors (Lipinski definition) is 4. The van der Waals surface area contributed by atoms with E-state index in [0.717, 1.165) is 65.5 Å². The summed E-state index contributed by atoms with van der Waals surface area (Å²) in [5, 5.41) is 0.979. The predicted octanol–water partition coefficient (Wildman–Crippen LogP) is 10.6. The number of nitrogens with zero attached hydrogens (tertiary/aromatic N) is 2. The van der Waals surface area contributed by atoms with Gasteiger partial charge in [-0.3, -0.25) is 0 Å². The zero-order valence-electron chi connectivity index (χ0n) is 24.7. The molecule has 0 amide bonds. The van der Waals surface area contributed by atoms with Crippen LogP contribution in [0.3, 0.4) is 0 Å². The highest BCUT2D eigenvalue weighted by atomic mass is 79.9. The molecule has 9 heteroatoms. The van der Waals surface area contributed by atoms with Gasteiger partial charge in [0.2, 0.25) is 0 Å². The van der Waals surface area contributed by atoms with Gasteiger partial charge in [0.1, 0.15) is 5.75 Å². The van der Waals surface area contributed by atoms with Gasteiger partial charge >= 0.3 is 5.97 Å². The van der Waals surface area contributed by atoms with Gasteiger partial charge < -0.3 is 18.9 Å². The van der Waals surface area contributed by atoms with Crippen molar-refractivity contribution < 1.29 is 14.3 Å². The average Bonchev–Trinajstić information content (AvgIpc) is 3.52. The van der Waals surface area contributed by atoms with Gasteiger partial charge in [0.15, 0.2) is 5.60 Å². The second kappa shape index (κ2) is 12.3. The first-order valence-corrected chi connectivity index (χ1v) is 17.6. The molecule has 1 aliphatic rings. The Bertz CT molecular complexity index is 1920. The molecule has 0 aliphatic carbocycles. The molecule has 0 spiro atoms. The summed E-state index contributed by atoms with van der Waals surface area (Å²) in [7, 11) is 2.06. The summed E-state index contributed by atoms with van der Waals surface area (Å²) in [5.74, 6) is 0.231. The van der Waals surface area contributed by atoms with Crippen LogP contribution in [0.25, 0.3) is 22.2 Å². The summed E-state index contributed by atoms with van der Waals surface area (Å²) in [4.78, 5) is 16.5. The number of aromatic nitrogens is 1. The number of halogens is 4. The van der Waals surface area contributed by atoms with Gasteiger partial charge in [-0.25, -0.2) is 4.79 Å². The quantitative estimate of drug-likeness (QED) is 0.0887. The Morgan fingerprint density at radius 2 is 1.48 bits per heavy atom. The maximum Gasteiger partial charge on any atom is 0.341 e. The molecule has 6 rings (SSSR count). The number of hydrogen-bond donors (Lipinski definition) is 0. The van der Waals surface area contributed by atoms with Crippen molar-refractivity contribution in [1.29, 1.82) is 0 Å². The maximum absolute atomic E-state index is 14.2. The van der Waals surface area contributed by atoms with Gasteiger partial charge in [-0.15, -0.1) is 0 Å². The van der Waals surface area contributed by atoms with Crippen molar-refractivity contribution in [3.63, 3.8) is 0 Å². The van der Waals surface area contributed by atoms with Crippen molar-refractivity contribution in [3.05, 3.63) is 113 Å². The molecular weight excluding hydrogens is 816 g/mol. The second-order valence-electron chi connectivity index (χ2n) is 10.5. The first-order valence-electron chi connectivity index (χ1n) is 14.5. The van der Waals surface area contributed by atoms with Crippen LogP contribution in [-0.4, -0.2) is 30.2 Å². The molecule has 0 saturated carbocycles. The summed E-state index contributed by atoms with van der Waals surface area (Å²) in [6.45, 7) is 8.40. The summed E-state index contributed by atoms with van der Waals surface area (Å²) in [6.07, 6.45) is 0. The molecule has 1 aromatic heterocycles. The van der Waals surface area contributed by atoms with Crippen molar-refractivity contribution in [2.24, 2.45) is 7.05 Å². The van der Waals surface area contributed by atoms with Crippen LogP contribution in [0.5, 0.6) is 5.75 Å². The van der Waals surface area contributed by atoms with Gasteiger partial charge in [0, 0.05) is 77.4 Å². The number of para-hydroxylation sites is 1. The van der Waals surface area contributed by atoms with E-state index in [2.05, 4.69) is 137 Å². The third-order valence-electron chi connectivity index (χ3n) is 8.35. The number of benzene rings is 4. The molecule has 0 N–H and O–H groups in total. The lowest BCUT2D eigenvalue weighted by molar-refractivity contribution is 0.0248. The third-order valence-corrected chi connectivity index (χ3v) is 13.1. The van der Waals surface area contributed by atoms with Crippen molar-refractivity contribution in [2.75, 3.05) is 24.6 Å². The smallest absolute Gasteiger partial charge is 0.341 e. The minimum absolute atomic E-state index is 0.428. The summed E-state index contributed by atoms with van der Waals surface area (Å²) in [6, 6.07) is 24.8. The number of ether oxygens (including phenoxy) is 2. The van der Waals surface area contributed by atoms with Crippen LogP contribution in [0.4, 0.5) is 5.69 Å². The fourth-order valence-electron chi connectivity index (χ4n) is 6.44. The number of fused-ring (bicyclic) bond motifs is 2. The molecule has 4 aromatic carbocycles. The Balaban J connectivity index is 1.85. The zero-order chi connectivity index (χ0) is 31.3. The fraction of sp³-hybridized carbons (Fsp3) is 0.229. The van der Waals surface area contributed by atoms with E-state index in [4.69, 9.17) is 9.47 Å². The van der Waals surface area contributed by atoms with Crippen molar-refractivity contribution in [2.45, 2.75) is 26.4 Å². The fourth-order valence-corrected chi connectivity index (χ4v) is 9.00. The highest BCUT2D eigenvalue weighted by molar-refractivity contribution is 9.15. The molecule has 0 bridgehead atoms. The molecule has 5 nitrogen and oxygen atoms in total. The topological polar surface area (TPSA) is 43.7 Å². The molecule has 1 unspecified atom stereocenters. The molecule has 2 heterocycles. The zero-order valence-corrected chi connectivity index (χ0v) is 31.0. The lowest BCUT2D eigenvalue weighted by Gasteiger charge is -2.34. The van der Waals surface area contributed by atoms with Gasteiger partial charge in [-0.2, -0.15) is 0 Å². The van der Waals surface area contributed by atoms with Gasteiger partial charge in [0.25, 0.3) is 0 Å². The number of carbonyl (C=O) groups is 1. The maximum atomic E-state index is 14.2. The SMILES string of the molecule is CCOc1cc(N(CC)CC)ccc1C1(c2c(-c3ccccc3)n(C)c3ccccc23)OC(=O)c2c(Br)c(Br)c(Br)c(Br)c21. The van der Waals surface area contributed by atoms with Gasteiger partial charge in [-0.05, 0) is 108 Å². The minimum atomic E-state index is -1.38. The van der Waals surface area contributed by atoms with Crippen LogP contribution in [-0.2, 0) is 17.4 Å². The molecule has 1 aliphatic heterocycles.